The first kappa shape index (κ1) is 45.2. The van der Waals surface area contributed by atoms with Crippen molar-refractivity contribution in [2.45, 2.75) is 290 Å². The van der Waals surface area contributed by atoms with Gasteiger partial charge in [-0.1, -0.05) is 284 Å². The first-order valence-corrected chi connectivity index (χ1v) is 24.3. The lowest BCUT2D eigenvalue weighted by Gasteiger charge is -2.37. The molecule has 0 aromatic carbocycles. The molecule has 0 heteroatoms. The SMILES string of the molecule is CCCCCCCCCCCCCCCCCC(CC(CCCCCCCCCCCCCCCCC)C1CCCCC1)C1CCCCC1. The summed E-state index contributed by atoms with van der Waals surface area (Å²) >= 11 is 0. The van der Waals surface area contributed by atoms with E-state index in [1.807, 2.05) is 0 Å². The molecule has 2 atom stereocenters. The molecule has 2 fully saturated rings. The van der Waals surface area contributed by atoms with Crippen LogP contribution in [0.15, 0.2) is 0 Å². The molecule has 0 amide bonds. The van der Waals surface area contributed by atoms with Gasteiger partial charge in [-0.05, 0) is 30.1 Å². The van der Waals surface area contributed by atoms with E-state index in [4.69, 9.17) is 0 Å². The smallest absolute Gasteiger partial charge is 0.0383 e. The predicted octanol–water partition coefficient (Wildman–Crippen LogP) is 18.3. The molecule has 2 unspecified atom stereocenters. The molecule has 0 nitrogen and oxygen atoms in total. The molecule has 0 aromatic rings. The molecule has 292 valence electrons. The lowest BCUT2D eigenvalue weighted by molar-refractivity contribution is 0.142. The lowest BCUT2D eigenvalue weighted by atomic mass is 9.69. The number of hydrogen-bond acceptors (Lipinski definition) is 0. The topological polar surface area (TPSA) is 0 Å². The fraction of sp³-hybridized carbons (Fsp3) is 1.00. The van der Waals surface area contributed by atoms with Gasteiger partial charge in [-0.25, -0.2) is 0 Å². The number of hydrogen-bond donors (Lipinski definition) is 0. The van der Waals surface area contributed by atoms with Crippen LogP contribution in [-0.4, -0.2) is 0 Å². The van der Waals surface area contributed by atoms with Gasteiger partial charge in [-0.15, -0.1) is 0 Å². The van der Waals surface area contributed by atoms with Crippen molar-refractivity contribution in [2.75, 3.05) is 0 Å². The maximum absolute atomic E-state index is 2.32. The molecule has 0 N–H and O–H groups in total. The maximum Gasteiger partial charge on any atom is -0.0383 e. The largest absolute Gasteiger partial charge is 0.0654 e. The van der Waals surface area contributed by atoms with Gasteiger partial charge in [-0.3, -0.25) is 0 Å². The fourth-order valence-corrected chi connectivity index (χ4v) is 10.2. The second-order valence-electron chi connectivity index (χ2n) is 18.0. The minimum Gasteiger partial charge on any atom is -0.0654 e. The van der Waals surface area contributed by atoms with Crippen LogP contribution in [0.5, 0.6) is 0 Å². The Bertz CT molecular complexity index is 570. The Kier molecular flexibility index (Phi) is 32.3. The summed E-state index contributed by atoms with van der Waals surface area (Å²) in [4.78, 5) is 0. The first-order chi connectivity index (χ1) is 24.3. The molecule has 2 rings (SSSR count). The summed E-state index contributed by atoms with van der Waals surface area (Å²) in [5.74, 6) is 4.27. The third-order valence-electron chi connectivity index (χ3n) is 13.6. The van der Waals surface area contributed by atoms with Gasteiger partial charge in [-0.2, -0.15) is 0 Å². The monoisotopic (exact) mass is 685 g/mol. The fourth-order valence-electron chi connectivity index (χ4n) is 10.2. The van der Waals surface area contributed by atoms with Crippen LogP contribution in [0, 0.1) is 23.7 Å². The highest BCUT2D eigenvalue weighted by Crippen LogP contribution is 2.42. The molecule has 0 spiro atoms. The standard InChI is InChI=1S/C49H96/c1-3-5-7-9-11-13-15-17-19-21-23-25-27-29-33-43-48(46-39-35-31-36-40-46)45-49(47-41-37-32-38-42-47)44-34-30-28-26-24-22-20-18-16-14-12-10-8-6-4-2/h46-49H,3-45H2,1-2H3. The summed E-state index contributed by atoms with van der Waals surface area (Å²) in [6.45, 7) is 4.65. The Hall–Kier alpha value is 0. The van der Waals surface area contributed by atoms with Crippen molar-refractivity contribution >= 4 is 0 Å². The van der Waals surface area contributed by atoms with E-state index < -0.39 is 0 Å². The number of rotatable bonds is 36. The van der Waals surface area contributed by atoms with Crippen molar-refractivity contribution in [3.8, 4) is 0 Å². The van der Waals surface area contributed by atoms with E-state index in [9.17, 15) is 0 Å². The minimum absolute atomic E-state index is 1.06. The summed E-state index contributed by atoms with van der Waals surface area (Å²) in [5, 5.41) is 0. The van der Waals surface area contributed by atoms with E-state index in [1.54, 1.807) is 44.9 Å². The number of unbranched alkanes of at least 4 members (excludes halogenated alkanes) is 28. The lowest BCUT2D eigenvalue weighted by Crippen LogP contribution is -2.26. The molecule has 2 saturated carbocycles. The van der Waals surface area contributed by atoms with Crippen LogP contribution in [0.4, 0.5) is 0 Å². The quantitative estimate of drug-likeness (QED) is 0.0576. The average Bonchev–Trinajstić information content (AvgIpc) is 3.14. The molecule has 0 saturated heterocycles. The van der Waals surface area contributed by atoms with Gasteiger partial charge in [0.15, 0.2) is 0 Å². The second kappa shape index (κ2) is 35.1. The normalized spacial score (nSPS) is 17.5. The highest BCUT2D eigenvalue weighted by molar-refractivity contribution is 4.81. The van der Waals surface area contributed by atoms with Crippen LogP contribution >= 0.6 is 0 Å². The summed E-state index contributed by atoms with van der Waals surface area (Å²) in [6, 6.07) is 0. The second-order valence-corrected chi connectivity index (χ2v) is 18.0. The van der Waals surface area contributed by atoms with Gasteiger partial charge in [0.2, 0.25) is 0 Å². The van der Waals surface area contributed by atoms with E-state index in [0.717, 1.165) is 23.7 Å². The van der Waals surface area contributed by atoms with Crippen LogP contribution < -0.4 is 0 Å². The third-order valence-corrected chi connectivity index (χ3v) is 13.6. The van der Waals surface area contributed by atoms with Crippen LogP contribution in [-0.2, 0) is 0 Å². The predicted molar refractivity (Wildman–Crippen MR) is 224 cm³/mol. The van der Waals surface area contributed by atoms with Crippen molar-refractivity contribution in [1.82, 2.24) is 0 Å². The van der Waals surface area contributed by atoms with E-state index in [2.05, 4.69) is 13.8 Å². The van der Waals surface area contributed by atoms with Crippen molar-refractivity contribution in [1.29, 1.82) is 0 Å². The van der Waals surface area contributed by atoms with E-state index >= 15 is 0 Å². The highest BCUT2D eigenvalue weighted by Gasteiger charge is 2.30. The van der Waals surface area contributed by atoms with Crippen molar-refractivity contribution in [3.05, 3.63) is 0 Å². The summed E-state index contributed by atoms with van der Waals surface area (Å²) in [7, 11) is 0. The van der Waals surface area contributed by atoms with Gasteiger partial charge < -0.3 is 0 Å². The Morgan fingerprint density at radius 2 is 0.510 bits per heavy atom. The summed E-state index contributed by atoms with van der Waals surface area (Å²) in [6.07, 6.45) is 64.9. The van der Waals surface area contributed by atoms with Crippen LogP contribution in [0.3, 0.4) is 0 Å². The summed E-state index contributed by atoms with van der Waals surface area (Å²) < 4.78 is 0. The zero-order valence-electron chi connectivity index (χ0n) is 34.7. The van der Waals surface area contributed by atoms with E-state index in [0.29, 0.717) is 0 Å². The van der Waals surface area contributed by atoms with Gasteiger partial charge in [0, 0.05) is 0 Å². The van der Waals surface area contributed by atoms with E-state index in [1.165, 1.54) is 231 Å². The van der Waals surface area contributed by atoms with Crippen molar-refractivity contribution in [3.63, 3.8) is 0 Å². The van der Waals surface area contributed by atoms with Gasteiger partial charge >= 0.3 is 0 Å². The molecule has 0 aromatic heterocycles. The Morgan fingerprint density at radius 1 is 0.286 bits per heavy atom. The van der Waals surface area contributed by atoms with Crippen molar-refractivity contribution < 1.29 is 0 Å². The van der Waals surface area contributed by atoms with Gasteiger partial charge in [0.1, 0.15) is 0 Å². The average molecular weight is 685 g/mol. The summed E-state index contributed by atoms with van der Waals surface area (Å²) in [5.41, 5.74) is 0. The molecule has 0 heterocycles. The molecule has 0 bridgehead atoms. The maximum atomic E-state index is 2.32. The molecule has 49 heavy (non-hydrogen) atoms. The zero-order chi connectivity index (χ0) is 34.7. The molecular formula is C49H96. The molecule has 0 radical (unpaired) electrons. The van der Waals surface area contributed by atoms with Crippen molar-refractivity contribution in [2.24, 2.45) is 23.7 Å². The van der Waals surface area contributed by atoms with Crippen LogP contribution in [0.1, 0.15) is 290 Å². The van der Waals surface area contributed by atoms with Crippen LogP contribution in [0.2, 0.25) is 0 Å². The highest BCUT2D eigenvalue weighted by atomic mass is 14.4. The molecular weight excluding hydrogens is 589 g/mol. The molecule has 2 aliphatic carbocycles. The van der Waals surface area contributed by atoms with Crippen LogP contribution in [0.25, 0.3) is 0 Å². The third kappa shape index (κ3) is 26.4. The Morgan fingerprint density at radius 3 is 0.755 bits per heavy atom. The first-order valence-electron chi connectivity index (χ1n) is 24.3. The Labute approximate surface area is 312 Å². The van der Waals surface area contributed by atoms with Gasteiger partial charge in [0.25, 0.3) is 0 Å². The van der Waals surface area contributed by atoms with Gasteiger partial charge in [0.05, 0.1) is 0 Å². The van der Waals surface area contributed by atoms with E-state index in [-0.39, 0.29) is 0 Å². The molecule has 2 aliphatic rings. The molecule has 0 aliphatic heterocycles. The Balaban J connectivity index is 1.59. The zero-order valence-corrected chi connectivity index (χ0v) is 34.7. The minimum atomic E-state index is 1.06.